The molecule has 1 saturated heterocycles. The van der Waals surface area contributed by atoms with Crippen LogP contribution in [0.4, 0.5) is 0 Å². The quantitative estimate of drug-likeness (QED) is 0.221. The summed E-state index contributed by atoms with van der Waals surface area (Å²) >= 11 is 0. The summed E-state index contributed by atoms with van der Waals surface area (Å²) < 4.78 is 10.5. The molecule has 0 unspecified atom stereocenters. The first-order chi connectivity index (χ1) is 14.8. The molecule has 31 heavy (non-hydrogen) atoms. The highest BCUT2D eigenvalue weighted by Crippen LogP contribution is 2.14. The topological polar surface area (TPSA) is 71.0 Å². The third-order valence-electron chi connectivity index (χ3n) is 5.20. The summed E-state index contributed by atoms with van der Waals surface area (Å²) in [5, 5.41) is 6.94. The van der Waals surface area contributed by atoms with Crippen molar-refractivity contribution in [1.29, 1.82) is 0 Å². The number of benzene rings is 1. The Balaban J connectivity index is 0.00000341. The van der Waals surface area contributed by atoms with Crippen molar-refractivity contribution in [2.45, 2.75) is 32.0 Å². The van der Waals surface area contributed by atoms with E-state index in [2.05, 4.69) is 55.8 Å². The van der Waals surface area contributed by atoms with Crippen molar-refractivity contribution in [3.05, 3.63) is 59.8 Å². The summed E-state index contributed by atoms with van der Waals surface area (Å²) in [6, 6.07) is 15.0. The largest absolute Gasteiger partial charge is 0.475 e. The van der Waals surface area contributed by atoms with Gasteiger partial charge in [-0.05, 0) is 24.0 Å². The van der Waals surface area contributed by atoms with E-state index in [9.17, 15) is 0 Å². The smallest absolute Gasteiger partial charge is 0.213 e. The fourth-order valence-corrected chi connectivity index (χ4v) is 3.48. The van der Waals surface area contributed by atoms with Crippen molar-refractivity contribution in [3.8, 4) is 5.88 Å². The maximum atomic E-state index is 5.50. The molecule has 1 aromatic heterocycles. The van der Waals surface area contributed by atoms with Crippen molar-refractivity contribution in [2.75, 3.05) is 40.5 Å². The summed E-state index contributed by atoms with van der Waals surface area (Å²) in [7, 11) is 3.46. The van der Waals surface area contributed by atoms with Gasteiger partial charge in [-0.3, -0.25) is 9.89 Å². The number of rotatable bonds is 9. The van der Waals surface area contributed by atoms with E-state index in [4.69, 9.17) is 9.47 Å². The Morgan fingerprint density at radius 2 is 1.87 bits per heavy atom. The summed E-state index contributed by atoms with van der Waals surface area (Å²) in [6.45, 7) is 4.94. The number of likely N-dealkylation sites (tertiary alicyclic amines) is 1. The molecule has 1 aromatic carbocycles. The monoisotopic (exact) mass is 539 g/mol. The zero-order valence-corrected chi connectivity index (χ0v) is 20.7. The molecule has 0 aliphatic carbocycles. The normalized spacial score (nSPS) is 15.2. The van der Waals surface area contributed by atoms with E-state index in [1.807, 2.05) is 25.4 Å². The highest BCUT2D eigenvalue weighted by molar-refractivity contribution is 14.0. The Kier molecular flexibility index (Phi) is 11.6. The number of nitrogens with one attached hydrogen (secondary N) is 2. The van der Waals surface area contributed by atoms with Gasteiger partial charge in [-0.2, -0.15) is 0 Å². The third kappa shape index (κ3) is 9.00. The Hall–Kier alpha value is -1.91. The number of piperidine rings is 1. The lowest BCUT2D eigenvalue weighted by Gasteiger charge is -2.33. The number of ether oxygens (including phenoxy) is 2. The maximum Gasteiger partial charge on any atom is 0.213 e. The number of pyridine rings is 1. The lowest BCUT2D eigenvalue weighted by molar-refractivity contribution is 0.143. The molecule has 0 radical (unpaired) electrons. The molecule has 7 nitrogen and oxygen atoms in total. The van der Waals surface area contributed by atoms with Crippen LogP contribution in [0.3, 0.4) is 0 Å². The summed E-state index contributed by atoms with van der Waals surface area (Å²) in [5.41, 5.74) is 2.46. The maximum absolute atomic E-state index is 5.50. The Labute approximate surface area is 202 Å². The lowest BCUT2D eigenvalue weighted by atomic mass is 10.0. The van der Waals surface area contributed by atoms with Crippen LogP contribution in [0.5, 0.6) is 5.88 Å². The van der Waals surface area contributed by atoms with Crippen LogP contribution in [0, 0.1) is 0 Å². The SMILES string of the molecule is CN=C(NCc1ccc(OCCOC)nc1)NC1CCN(Cc2ccccc2)CC1.I. The van der Waals surface area contributed by atoms with Gasteiger partial charge in [0, 0.05) is 58.6 Å². The fourth-order valence-electron chi connectivity index (χ4n) is 3.48. The Bertz CT molecular complexity index is 765. The average Bonchev–Trinajstić information content (AvgIpc) is 2.79. The van der Waals surface area contributed by atoms with Gasteiger partial charge in [-0.15, -0.1) is 24.0 Å². The van der Waals surface area contributed by atoms with Gasteiger partial charge >= 0.3 is 0 Å². The highest BCUT2D eigenvalue weighted by Gasteiger charge is 2.20. The van der Waals surface area contributed by atoms with Crippen molar-refractivity contribution >= 4 is 29.9 Å². The van der Waals surface area contributed by atoms with Crippen molar-refractivity contribution in [1.82, 2.24) is 20.5 Å². The number of nitrogens with zero attached hydrogens (tertiary/aromatic N) is 3. The zero-order valence-electron chi connectivity index (χ0n) is 18.4. The minimum Gasteiger partial charge on any atom is -0.475 e. The van der Waals surface area contributed by atoms with E-state index in [0.29, 0.717) is 31.7 Å². The molecule has 2 aromatic rings. The first kappa shape index (κ1) is 25.4. The predicted molar refractivity (Wildman–Crippen MR) is 135 cm³/mol. The van der Waals surface area contributed by atoms with Crippen molar-refractivity contribution in [3.63, 3.8) is 0 Å². The van der Waals surface area contributed by atoms with Crippen LogP contribution in [0.25, 0.3) is 0 Å². The van der Waals surface area contributed by atoms with Crippen LogP contribution in [-0.4, -0.2) is 62.3 Å². The van der Waals surface area contributed by atoms with Gasteiger partial charge in [-0.25, -0.2) is 4.98 Å². The van der Waals surface area contributed by atoms with Crippen LogP contribution < -0.4 is 15.4 Å². The molecule has 0 atom stereocenters. The van der Waals surface area contributed by atoms with Gasteiger partial charge in [-0.1, -0.05) is 36.4 Å². The van der Waals surface area contributed by atoms with Crippen LogP contribution in [0.15, 0.2) is 53.7 Å². The van der Waals surface area contributed by atoms with Crippen LogP contribution >= 0.6 is 24.0 Å². The van der Waals surface area contributed by atoms with Crippen LogP contribution in [0.1, 0.15) is 24.0 Å². The molecule has 3 rings (SSSR count). The molecule has 0 amide bonds. The molecular weight excluding hydrogens is 505 g/mol. The average molecular weight is 539 g/mol. The first-order valence-corrected chi connectivity index (χ1v) is 10.6. The highest BCUT2D eigenvalue weighted by atomic mass is 127. The van der Waals surface area contributed by atoms with E-state index in [1.165, 1.54) is 5.56 Å². The third-order valence-corrected chi connectivity index (χ3v) is 5.20. The summed E-state index contributed by atoms with van der Waals surface area (Å²) in [4.78, 5) is 11.2. The van der Waals surface area contributed by atoms with Crippen molar-refractivity contribution in [2.24, 2.45) is 4.99 Å². The van der Waals surface area contributed by atoms with Crippen LogP contribution in [-0.2, 0) is 17.8 Å². The second-order valence-electron chi connectivity index (χ2n) is 7.45. The van der Waals surface area contributed by atoms with Crippen LogP contribution in [0.2, 0.25) is 0 Å². The molecule has 2 heterocycles. The minimum atomic E-state index is 0. The molecular formula is C23H34IN5O2. The number of guanidine groups is 1. The molecule has 2 N–H and O–H groups in total. The Morgan fingerprint density at radius 3 is 2.52 bits per heavy atom. The van der Waals surface area contributed by atoms with Gasteiger partial charge in [0.1, 0.15) is 6.61 Å². The number of aliphatic imine (C=N–C) groups is 1. The minimum absolute atomic E-state index is 0. The predicted octanol–water partition coefficient (Wildman–Crippen LogP) is 3.05. The molecule has 170 valence electrons. The van der Waals surface area contributed by atoms with E-state index < -0.39 is 0 Å². The second-order valence-corrected chi connectivity index (χ2v) is 7.45. The standard InChI is InChI=1S/C23H33N5O2.HI/c1-24-23(26-17-20-8-9-22(25-16-20)30-15-14-29-2)27-21-10-12-28(13-11-21)18-19-6-4-3-5-7-19;/h3-9,16,21H,10-15,17-18H2,1-2H3,(H2,24,26,27);1H. The van der Waals surface area contributed by atoms with E-state index in [0.717, 1.165) is 44.0 Å². The number of hydrogen-bond acceptors (Lipinski definition) is 5. The number of hydrogen-bond donors (Lipinski definition) is 2. The van der Waals surface area contributed by atoms with Gasteiger partial charge < -0.3 is 20.1 Å². The van der Waals surface area contributed by atoms with Gasteiger partial charge in [0.05, 0.1) is 6.61 Å². The first-order valence-electron chi connectivity index (χ1n) is 10.6. The van der Waals surface area contributed by atoms with E-state index in [1.54, 1.807) is 7.11 Å². The van der Waals surface area contributed by atoms with Gasteiger partial charge in [0.25, 0.3) is 0 Å². The fraction of sp³-hybridized carbons (Fsp3) is 0.478. The second kappa shape index (κ2) is 14.2. The molecule has 1 fully saturated rings. The number of methoxy groups -OCH3 is 1. The molecule has 8 heteroatoms. The van der Waals surface area contributed by atoms with E-state index >= 15 is 0 Å². The lowest BCUT2D eigenvalue weighted by Crippen LogP contribution is -2.48. The summed E-state index contributed by atoms with van der Waals surface area (Å²) in [6.07, 6.45) is 4.05. The zero-order chi connectivity index (χ0) is 21.0. The molecule has 0 spiro atoms. The Morgan fingerprint density at radius 1 is 1.10 bits per heavy atom. The molecule has 1 aliphatic rings. The van der Waals surface area contributed by atoms with Crippen molar-refractivity contribution < 1.29 is 9.47 Å². The van der Waals surface area contributed by atoms with E-state index in [-0.39, 0.29) is 24.0 Å². The summed E-state index contributed by atoms with van der Waals surface area (Å²) in [5.74, 6) is 1.44. The molecule has 1 aliphatic heterocycles. The number of halogens is 1. The van der Waals surface area contributed by atoms with Gasteiger partial charge in [0.2, 0.25) is 5.88 Å². The molecule has 0 saturated carbocycles. The molecule has 0 bridgehead atoms. The van der Waals surface area contributed by atoms with Gasteiger partial charge in [0.15, 0.2) is 5.96 Å². The number of aromatic nitrogens is 1.